The van der Waals surface area contributed by atoms with Crippen molar-refractivity contribution in [2.24, 2.45) is 4.99 Å². The van der Waals surface area contributed by atoms with Crippen LogP contribution in [0.2, 0.25) is 0 Å². The zero-order valence-electron chi connectivity index (χ0n) is 8.35. The third-order valence-corrected chi connectivity index (χ3v) is 2.42. The summed E-state index contributed by atoms with van der Waals surface area (Å²) in [6, 6.07) is 12.1. The van der Waals surface area contributed by atoms with Gasteiger partial charge >= 0.3 is 0 Å². The van der Waals surface area contributed by atoms with Crippen LogP contribution in [-0.4, -0.2) is 6.21 Å². The maximum Gasteiger partial charge on any atom is 0.171 e. The number of hydrogen-bond acceptors (Lipinski definition) is 2. The number of hydrogen-bond donors (Lipinski definition) is 0. The van der Waals surface area contributed by atoms with Crippen LogP contribution in [0, 0.1) is 5.82 Å². The van der Waals surface area contributed by atoms with E-state index in [1.807, 2.05) is 18.2 Å². The Labute approximate surface area is 92.0 Å². The third-order valence-electron chi connectivity index (χ3n) is 2.42. The lowest BCUT2D eigenvalue weighted by Gasteiger charge is -2.07. The molecule has 2 nitrogen and oxygen atoms in total. The van der Waals surface area contributed by atoms with Gasteiger partial charge in [-0.05, 0) is 24.3 Å². The van der Waals surface area contributed by atoms with Gasteiger partial charge in [0.1, 0.15) is 5.69 Å². The van der Waals surface area contributed by atoms with Crippen molar-refractivity contribution < 1.29 is 9.13 Å². The Morgan fingerprint density at radius 2 is 1.88 bits per heavy atom. The summed E-state index contributed by atoms with van der Waals surface area (Å²) in [5.74, 6) is 0.430. The molecule has 0 unspecified atom stereocenters. The maximum absolute atomic E-state index is 13.6. The fourth-order valence-corrected chi connectivity index (χ4v) is 1.63. The Morgan fingerprint density at radius 1 is 1.00 bits per heavy atom. The van der Waals surface area contributed by atoms with Crippen LogP contribution in [0.1, 0.15) is 5.56 Å². The largest absolute Gasteiger partial charge is 0.451 e. The molecule has 78 valence electrons. The highest BCUT2D eigenvalue weighted by molar-refractivity contribution is 5.87. The monoisotopic (exact) mass is 213 g/mol. The molecule has 0 spiro atoms. The molecule has 0 aliphatic carbocycles. The van der Waals surface area contributed by atoms with Crippen molar-refractivity contribution in [2.45, 2.75) is 0 Å². The molecule has 2 aromatic carbocycles. The van der Waals surface area contributed by atoms with Gasteiger partial charge in [0.05, 0.1) is 0 Å². The van der Waals surface area contributed by atoms with E-state index in [0.717, 1.165) is 0 Å². The normalized spacial score (nSPS) is 12.3. The minimum atomic E-state index is -0.374. The van der Waals surface area contributed by atoms with Crippen LogP contribution in [0.3, 0.4) is 0 Å². The van der Waals surface area contributed by atoms with Gasteiger partial charge in [0.2, 0.25) is 0 Å². The zero-order chi connectivity index (χ0) is 11.0. The average molecular weight is 213 g/mol. The third kappa shape index (κ3) is 1.37. The van der Waals surface area contributed by atoms with Crippen LogP contribution in [0.5, 0.6) is 11.5 Å². The first-order valence-electron chi connectivity index (χ1n) is 4.94. The van der Waals surface area contributed by atoms with E-state index < -0.39 is 0 Å². The molecular weight excluding hydrogens is 205 g/mol. The lowest BCUT2D eigenvalue weighted by Crippen LogP contribution is -1.91. The van der Waals surface area contributed by atoms with Gasteiger partial charge < -0.3 is 4.74 Å². The second-order valence-corrected chi connectivity index (χ2v) is 3.49. The number of aliphatic imine (C=N–C) groups is 1. The van der Waals surface area contributed by atoms with Crippen LogP contribution >= 0.6 is 0 Å². The molecular formula is C13H8FNO. The molecule has 0 bridgehead atoms. The minimum absolute atomic E-state index is 0.233. The Kier molecular flexibility index (Phi) is 1.96. The lowest BCUT2D eigenvalue weighted by atomic mass is 10.2. The summed E-state index contributed by atoms with van der Waals surface area (Å²) in [4.78, 5) is 4.25. The highest BCUT2D eigenvalue weighted by Gasteiger charge is 2.14. The molecule has 3 rings (SSSR count). The van der Waals surface area contributed by atoms with Crippen molar-refractivity contribution in [3.8, 4) is 11.5 Å². The predicted octanol–water partition coefficient (Wildman–Crippen LogP) is 3.68. The van der Waals surface area contributed by atoms with Gasteiger partial charge in [-0.25, -0.2) is 4.39 Å². The van der Waals surface area contributed by atoms with Gasteiger partial charge in [-0.1, -0.05) is 18.2 Å². The summed E-state index contributed by atoms with van der Waals surface area (Å²) in [7, 11) is 0. The lowest BCUT2D eigenvalue weighted by molar-refractivity contribution is 0.444. The van der Waals surface area contributed by atoms with E-state index in [9.17, 15) is 4.39 Å². The Hall–Kier alpha value is -2.16. The number of para-hydroxylation sites is 3. The number of ether oxygens (including phenoxy) is 1. The molecule has 0 aromatic heterocycles. The summed E-state index contributed by atoms with van der Waals surface area (Å²) in [5.41, 5.74) is 1.36. The molecule has 0 N–H and O–H groups in total. The molecule has 0 saturated heterocycles. The van der Waals surface area contributed by atoms with E-state index in [2.05, 4.69) is 4.99 Å². The van der Waals surface area contributed by atoms with Crippen molar-refractivity contribution in [3.63, 3.8) is 0 Å². The van der Waals surface area contributed by atoms with E-state index in [-0.39, 0.29) is 11.6 Å². The summed E-state index contributed by atoms with van der Waals surface area (Å²) in [6.07, 6.45) is 1.62. The number of fused-ring (bicyclic) bond motifs is 2. The number of nitrogens with zero attached hydrogens (tertiary/aromatic N) is 1. The quantitative estimate of drug-likeness (QED) is 0.558. The van der Waals surface area contributed by atoms with Crippen LogP contribution in [-0.2, 0) is 0 Å². The Morgan fingerprint density at radius 3 is 2.81 bits per heavy atom. The molecule has 0 saturated carbocycles. The van der Waals surface area contributed by atoms with Gasteiger partial charge in [-0.3, -0.25) is 4.99 Å². The first-order chi connectivity index (χ1) is 7.84. The van der Waals surface area contributed by atoms with Crippen molar-refractivity contribution in [1.82, 2.24) is 0 Å². The smallest absolute Gasteiger partial charge is 0.171 e. The number of halogens is 1. The average Bonchev–Trinajstić information content (AvgIpc) is 2.50. The zero-order valence-corrected chi connectivity index (χ0v) is 8.35. The maximum atomic E-state index is 13.6. The SMILES string of the molecule is Fc1cccc2c1Oc1ccccc1N=C2. The molecule has 0 amide bonds. The molecule has 16 heavy (non-hydrogen) atoms. The fourth-order valence-electron chi connectivity index (χ4n) is 1.63. The van der Waals surface area contributed by atoms with Crippen molar-refractivity contribution in [2.75, 3.05) is 0 Å². The van der Waals surface area contributed by atoms with Crippen LogP contribution in [0.25, 0.3) is 0 Å². The van der Waals surface area contributed by atoms with Crippen molar-refractivity contribution >= 4 is 11.9 Å². The molecule has 1 aliphatic heterocycles. The van der Waals surface area contributed by atoms with Gasteiger partial charge in [-0.2, -0.15) is 0 Å². The van der Waals surface area contributed by atoms with Gasteiger partial charge in [0, 0.05) is 11.8 Å². The van der Waals surface area contributed by atoms with E-state index in [1.54, 1.807) is 24.4 Å². The van der Waals surface area contributed by atoms with Crippen LogP contribution in [0.4, 0.5) is 10.1 Å². The minimum Gasteiger partial charge on any atom is -0.451 e. The van der Waals surface area contributed by atoms with Gasteiger partial charge in [0.15, 0.2) is 17.3 Å². The summed E-state index contributed by atoms with van der Waals surface area (Å²) in [6.45, 7) is 0. The molecule has 1 aliphatic rings. The summed E-state index contributed by atoms with van der Waals surface area (Å²) >= 11 is 0. The molecule has 2 aromatic rings. The fraction of sp³-hybridized carbons (Fsp3) is 0. The summed E-state index contributed by atoms with van der Waals surface area (Å²) in [5, 5.41) is 0. The molecule has 0 radical (unpaired) electrons. The van der Waals surface area contributed by atoms with Crippen molar-refractivity contribution in [3.05, 3.63) is 53.8 Å². The predicted molar refractivity (Wildman–Crippen MR) is 60.2 cm³/mol. The molecule has 1 heterocycles. The first-order valence-corrected chi connectivity index (χ1v) is 4.94. The number of benzene rings is 2. The van der Waals surface area contributed by atoms with E-state index in [4.69, 9.17) is 4.74 Å². The van der Waals surface area contributed by atoms with Crippen LogP contribution in [0.15, 0.2) is 47.5 Å². The number of rotatable bonds is 0. The standard InChI is InChI=1S/C13H8FNO/c14-10-5-3-4-9-8-15-11-6-1-2-7-12(11)16-13(9)10/h1-8H. The highest BCUT2D eigenvalue weighted by Crippen LogP contribution is 2.36. The van der Waals surface area contributed by atoms with Gasteiger partial charge in [0.25, 0.3) is 0 Å². The second-order valence-electron chi connectivity index (χ2n) is 3.49. The Balaban J connectivity index is 2.22. The summed E-state index contributed by atoms with van der Waals surface area (Å²) < 4.78 is 19.1. The van der Waals surface area contributed by atoms with E-state index in [1.165, 1.54) is 6.07 Å². The Bertz CT molecular complexity index is 578. The topological polar surface area (TPSA) is 21.6 Å². The first kappa shape index (κ1) is 9.09. The van der Waals surface area contributed by atoms with Crippen molar-refractivity contribution in [1.29, 1.82) is 0 Å². The van der Waals surface area contributed by atoms with Crippen LogP contribution < -0.4 is 4.74 Å². The molecule has 3 heteroatoms. The second kappa shape index (κ2) is 3.45. The van der Waals surface area contributed by atoms with E-state index in [0.29, 0.717) is 17.0 Å². The molecule has 0 atom stereocenters. The molecule has 0 fully saturated rings. The van der Waals surface area contributed by atoms with E-state index >= 15 is 0 Å². The highest BCUT2D eigenvalue weighted by atomic mass is 19.1. The van der Waals surface area contributed by atoms with Gasteiger partial charge in [-0.15, -0.1) is 0 Å².